The van der Waals surface area contributed by atoms with E-state index in [1.54, 1.807) is 18.0 Å². The summed E-state index contributed by atoms with van der Waals surface area (Å²) in [6.45, 7) is 1.50. The van der Waals surface area contributed by atoms with Crippen LogP contribution < -0.4 is 11.3 Å². The third kappa shape index (κ3) is 5.39. The van der Waals surface area contributed by atoms with E-state index >= 15 is 0 Å². The third-order valence-corrected chi connectivity index (χ3v) is 5.64. The highest BCUT2D eigenvalue weighted by Gasteiger charge is 2.23. The number of hydrogen-bond acceptors (Lipinski definition) is 7. The summed E-state index contributed by atoms with van der Waals surface area (Å²) >= 11 is 1.64. The fraction of sp³-hybridized carbons (Fsp3) is 0.400. The Balaban J connectivity index is 1.89. The number of H-pyrrole nitrogens is 2. The van der Waals surface area contributed by atoms with Gasteiger partial charge in [0.2, 0.25) is 5.95 Å². The fourth-order valence-corrected chi connectivity index (χ4v) is 4.21. The van der Waals surface area contributed by atoms with Gasteiger partial charge in [-0.25, -0.2) is 4.98 Å². The fourth-order valence-electron chi connectivity index (χ4n) is 3.45. The van der Waals surface area contributed by atoms with Gasteiger partial charge in [-0.15, -0.1) is 0 Å². The summed E-state index contributed by atoms with van der Waals surface area (Å²) in [6.07, 6.45) is 2.97. The van der Waals surface area contributed by atoms with Crippen molar-refractivity contribution in [3.05, 3.63) is 58.0 Å². The van der Waals surface area contributed by atoms with Crippen molar-refractivity contribution >= 4 is 28.7 Å². The summed E-state index contributed by atoms with van der Waals surface area (Å²) < 4.78 is 0. The van der Waals surface area contributed by atoms with Crippen LogP contribution in [0.15, 0.2) is 41.3 Å². The van der Waals surface area contributed by atoms with Crippen LogP contribution >= 0.6 is 11.8 Å². The molecule has 29 heavy (non-hydrogen) atoms. The van der Waals surface area contributed by atoms with Crippen molar-refractivity contribution in [2.45, 2.75) is 19.2 Å². The summed E-state index contributed by atoms with van der Waals surface area (Å²) in [4.78, 5) is 24.1. The number of nitrogen functional groups attached to an aromatic ring is 1. The average molecular weight is 418 g/mol. The number of aromatic amines is 2. The summed E-state index contributed by atoms with van der Waals surface area (Å²) in [5.74, 6) is 0.713. The standard InChI is InChI=1S/C20H27N5O3S/c1-29-12-15(16(27)11-26)10-25(8-13-5-3-2-4-6-13)9-14-7-22-18-17(14)23-20(21)24-19(18)28/h2-7,15-16,22,26-27H,8-12H2,1H3,(H3,21,23,24,28)/t15-,16-/m0/s1. The Labute approximate surface area is 173 Å². The number of anilines is 1. The molecule has 2 aromatic heterocycles. The van der Waals surface area contributed by atoms with Gasteiger partial charge in [0.25, 0.3) is 5.56 Å². The van der Waals surface area contributed by atoms with Crippen LogP contribution in [-0.4, -0.2) is 61.3 Å². The maximum absolute atomic E-state index is 12.1. The molecule has 2 heterocycles. The Bertz CT molecular complexity index is 975. The van der Waals surface area contributed by atoms with Crippen molar-refractivity contribution in [2.75, 3.05) is 30.9 Å². The second kappa shape index (κ2) is 9.93. The Morgan fingerprint density at radius 2 is 2.03 bits per heavy atom. The quantitative estimate of drug-likeness (QED) is 0.335. The van der Waals surface area contributed by atoms with Crippen LogP contribution in [-0.2, 0) is 13.1 Å². The van der Waals surface area contributed by atoms with E-state index in [-0.39, 0.29) is 24.0 Å². The molecule has 0 bridgehead atoms. The van der Waals surface area contributed by atoms with Gasteiger partial charge in [-0.05, 0) is 17.6 Å². The number of aromatic nitrogens is 3. The van der Waals surface area contributed by atoms with Gasteiger partial charge < -0.3 is 20.9 Å². The number of nitrogens with one attached hydrogen (secondary N) is 2. The van der Waals surface area contributed by atoms with Crippen molar-refractivity contribution in [3.8, 4) is 0 Å². The number of benzene rings is 1. The molecule has 9 heteroatoms. The molecule has 3 rings (SSSR count). The molecule has 0 radical (unpaired) electrons. The van der Waals surface area contributed by atoms with Crippen LogP contribution in [0.3, 0.4) is 0 Å². The molecule has 0 aliphatic carbocycles. The van der Waals surface area contributed by atoms with Gasteiger partial charge >= 0.3 is 0 Å². The molecule has 0 fully saturated rings. The van der Waals surface area contributed by atoms with Crippen LogP contribution in [0.25, 0.3) is 11.0 Å². The maximum atomic E-state index is 12.1. The van der Waals surface area contributed by atoms with Crippen LogP contribution in [0.5, 0.6) is 0 Å². The minimum atomic E-state index is -0.791. The molecule has 0 saturated heterocycles. The minimum Gasteiger partial charge on any atom is -0.394 e. The molecular formula is C20H27N5O3S. The maximum Gasteiger partial charge on any atom is 0.276 e. The second-order valence-corrected chi connectivity index (χ2v) is 8.02. The van der Waals surface area contributed by atoms with Gasteiger partial charge in [-0.3, -0.25) is 14.7 Å². The zero-order chi connectivity index (χ0) is 20.8. The molecule has 0 aliphatic heterocycles. The molecule has 0 saturated carbocycles. The van der Waals surface area contributed by atoms with Crippen molar-refractivity contribution < 1.29 is 10.2 Å². The lowest BCUT2D eigenvalue weighted by molar-refractivity contribution is 0.0374. The molecular weight excluding hydrogens is 390 g/mol. The Hall–Kier alpha value is -2.33. The normalized spacial score (nSPS) is 13.8. The van der Waals surface area contributed by atoms with Crippen molar-refractivity contribution in [1.82, 2.24) is 19.9 Å². The number of rotatable bonds is 10. The van der Waals surface area contributed by atoms with E-state index in [1.165, 1.54) is 0 Å². The predicted octanol–water partition coefficient (Wildman–Crippen LogP) is 1.17. The number of aliphatic hydroxyl groups is 2. The van der Waals surface area contributed by atoms with Crippen molar-refractivity contribution in [2.24, 2.45) is 5.92 Å². The van der Waals surface area contributed by atoms with Gasteiger partial charge in [0.05, 0.1) is 12.7 Å². The first-order valence-electron chi connectivity index (χ1n) is 9.41. The average Bonchev–Trinajstić information content (AvgIpc) is 3.10. The second-order valence-electron chi connectivity index (χ2n) is 7.11. The number of thioether (sulfide) groups is 1. The summed E-state index contributed by atoms with van der Waals surface area (Å²) in [5.41, 5.74) is 8.36. The molecule has 8 nitrogen and oxygen atoms in total. The molecule has 0 spiro atoms. The van der Waals surface area contributed by atoms with E-state index in [4.69, 9.17) is 5.73 Å². The highest BCUT2D eigenvalue weighted by atomic mass is 32.2. The van der Waals surface area contributed by atoms with E-state index < -0.39 is 6.10 Å². The van der Waals surface area contributed by atoms with E-state index in [1.807, 2.05) is 24.5 Å². The van der Waals surface area contributed by atoms with Gasteiger partial charge in [0, 0.05) is 37.3 Å². The first-order chi connectivity index (χ1) is 14.0. The van der Waals surface area contributed by atoms with E-state index in [2.05, 4.69) is 32.0 Å². The first-order valence-corrected chi connectivity index (χ1v) is 10.8. The third-order valence-electron chi connectivity index (χ3n) is 4.88. The predicted molar refractivity (Wildman–Crippen MR) is 117 cm³/mol. The van der Waals surface area contributed by atoms with E-state index in [9.17, 15) is 15.0 Å². The minimum absolute atomic E-state index is 0.0777. The Morgan fingerprint density at radius 3 is 2.72 bits per heavy atom. The summed E-state index contributed by atoms with van der Waals surface area (Å²) in [7, 11) is 0. The highest BCUT2D eigenvalue weighted by Crippen LogP contribution is 2.20. The lowest BCUT2D eigenvalue weighted by Crippen LogP contribution is -2.37. The van der Waals surface area contributed by atoms with Crippen LogP contribution in [0.1, 0.15) is 11.1 Å². The monoisotopic (exact) mass is 417 g/mol. The number of nitrogens with zero attached hydrogens (tertiary/aromatic N) is 2. The van der Waals surface area contributed by atoms with Crippen LogP contribution in [0.4, 0.5) is 5.95 Å². The zero-order valence-electron chi connectivity index (χ0n) is 16.3. The topological polar surface area (TPSA) is 131 Å². The van der Waals surface area contributed by atoms with Gasteiger partial charge in [-0.2, -0.15) is 11.8 Å². The van der Waals surface area contributed by atoms with Gasteiger partial charge in [0.1, 0.15) is 11.0 Å². The molecule has 0 unspecified atom stereocenters. The van der Waals surface area contributed by atoms with Crippen molar-refractivity contribution in [3.63, 3.8) is 0 Å². The molecule has 6 N–H and O–H groups in total. The van der Waals surface area contributed by atoms with Crippen molar-refractivity contribution in [1.29, 1.82) is 0 Å². The molecule has 0 aliphatic rings. The highest BCUT2D eigenvalue weighted by molar-refractivity contribution is 7.98. The van der Waals surface area contributed by atoms with Gasteiger partial charge in [-0.1, -0.05) is 30.3 Å². The number of nitrogens with two attached hydrogens (primary N) is 1. The molecule has 156 valence electrons. The van der Waals surface area contributed by atoms with Crippen LogP contribution in [0, 0.1) is 5.92 Å². The molecule has 2 atom stereocenters. The Morgan fingerprint density at radius 1 is 1.28 bits per heavy atom. The largest absolute Gasteiger partial charge is 0.394 e. The van der Waals surface area contributed by atoms with E-state index in [0.29, 0.717) is 30.7 Å². The Kier molecular flexibility index (Phi) is 7.32. The molecule has 3 aromatic rings. The number of aliphatic hydroxyl groups excluding tert-OH is 2. The smallest absolute Gasteiger partial charge is 0.276 e. The lowest BCUT2D eigenvalue weighted by Gasteiger charge is -2.29. The molecule has 0 amide bonds. The first kappa shape index (κ1) is 21.4. The zero-order valence-corrected chi connectivity index (χ0v) is 17.2. The summed E-state index contributed by atoms with van der Waals surface area (Å²) in [6, 6.07) is 10.1. The number of fused-ring (bicyclic) bond motifs is 1. The van der Waals surface area contributed by atoms with E-state index in [0.717, 1.165) is 16.9 Å². The molecule has 1 aromatic carbocycles. The SMILES string of the molecule is CSC[C@H](CN(Cc1ccccc1)Cc1c[nH]c2c(=O)[nH]c(N)nc12)[C@@H](O)CO. The number of hydrogen-bond donors (Lipinski definition) is 5. The van der Waals surface area contributed by atoms with Crippen LogP contribution in [0.2, 0.25) is 0 Å². The van der Waals surface area contributed by atoms with Gasteiger partial charge in [0.15, 0.2) is 0 Å². The lowest BCUT2D eigenvalue weighted by atomic mass is 10.0. The summed E-state index contributed by atoms with van der Waals surface area (Å²) in [5, 5.41) is 19.7.